The molecule has 0 aliphatic heterocycles. The number of hydrogen-bond donors (Lipinski definition) is 4. The van der Waals surface area contributed by atoms with Crippen molar-refractivity contribution in [1.82, 2.24) is 5.32 Å². The number of rotatable bonds is 6. The lowest BCUT2D eigenvalue weighted by molar-refractivity contribution is 0.0964. The van der Waals surface area contributed by atoms with E-state index in [0.29, 0.717) is 16.5 Å². The standard InChI is InChI=1S/C14H22N4O2S/c1-7(2)14(4-5-14)6-18-13-8(12(20)17-3)9(15)10(21-13)11(16)19/h7,18H,4-6,15H2,1-3H3,(H2,16,19)(H,17,20). The molecule has 1 aromatic heterocycles. The van der Waals surface area contributed by atoms with Gasteiger partial charge in [0.2, 0.25) is 0 Å². The molecule has 6 nitrogen and oxygen atoms in total. The predicted octanol–water partition coefficient (Wildman–Crippen LogP) is 1.64. The molecule has 0 saturated heterocycles. The van der Waals surface area contributed by atoms with Crippen LogP contribution >= 0.6 is 11.3 Å². The van der Waals surface area contributed by atoms with E-state index >= 15 is 0 Å². The zero-order valence-electron chi connectivity index (χ0n) is 12.6. The van der Waals surface area contributed by atoms with E-state index in [1.165, 1.54) is 19.9 Å². The Kier molecular flexibility index (Phi) is 4.13. The Labute approximate surface area is 128 Å². The molecule has 6 N–H and O–H groups in total. The van der Waals surface area contributed by atoms with Crippen LogP contribution in [0.1, 0.15) is 46.7 Å². The van der Waals surface area contributed by atoms with Gasteiger partial charge in [-0.1, -0.05) is 13.8 Å². The Balaban J connectivity index is 2.27. The number of anilines is 2. The zero-order valence-corrected chi connectivity index (χ0v) is 13.4. The van der Waals surface area contributed by atoms with Gasteiger partial charge in [-0.05, 0) is 24.2 Å². The highest BCUT2D eigenvalue weighted by molar-refractivity contribution is 7.19. The normalized spacial score (nSPS) is 15.8. The van der Waals surface area contributed by atoms with Crippen LogP contribution in [-0.2, 0) is 0 Å². The number of thiophene rings is 1. The molecule has 0 unspecified atom stereocenters. The van der Waals surface area contributed by atoms with E-state index in [0.717, 1.165) is 17.9 Å². The summed E-state index contributed by atoms with van der Waals surface area (Å²) in [7, 11) is 1.53. The number of amides is 2. The van der Waals surface area contributed by atoms with Gasteiger partial charge in [0.05, 0.1) is 11.3 Å². The predicted molar refractivity (Wildman–Crippen MR) is 85.6 cm³/mol. The summed E-state index contributed by atoms with van der Waals surface area (Å²) in [6, 6.07) is 0. The van der Waals surface area contributed by atoms with Gasteiger partial charge in [-0.2, -0.15) is 0 Å². The second-order valence-electron chi connectivity index (χ2n) is 5.86. The van der Waals surface area contributed by atoms with Crippen molar-refractivity contribution in [3.63, 3.8) is 0 Å². The lowest BCUT2D eigenvalue weighted by Crippen LogP contribution is -2.23. The molecule has 0 bridgehead atoms. The summed E-state index contributed by atoms with van der Waals surface area (Å²) in [5, 5.41) is 6.46. The molecule has 2 rings (SSSR count). The fraction of sp³-hybridized carbons (Fsp3) is 0.571. The molecular weight excluding hydrogens is 288 g/mol. The Morgan fingerprint density at radius 2 is 2.00 bits per heavy atom. The Bertz CT molecular complexity index is 576. The van der Waals surface area contributed by atoms with Crippen LogP contribution in [0.15, 0.2) is 0 Å². The molecule has 1 aliphatic rings. The van der Waals surface area contributed by atoms with E-state index < -0.39 is 5.91 Å². The summed E-state index contributed by atoms with van der Waals surface area (Å²) in [6.45, 7) is 5.17. The van der Waals surface area contributed by atoms with E-state index in [4.69, 9.17) is 11.5 Å². The van der Waals surface area contributed by atoms with Gasteiger partial charge in [0, 0.05) is 13.6 Å². The SMILES string of the molecule is CNC(=O)c1c(NCC2(C(C)C)CC2)sc(C(N)=O)c1N. The minimum Gasteiger partial charge on any atom is -0.397 e. The Hall–Kier alpha value is -1.76. The molecule has 1 aromatic rings. The van der Waals surface area contributed by atoms with Crippen molar-refractivity contribution in [3.05, 3.63) is 10.4 Å². The molecule has 1 heterocycles. The quantitative estimate of drug-likeness (QED) is 0.640. The fourth-order valence-electron chi connectivity index (χ4n) is 2.48. The minimum absolute atomic E-state index is 0.156. The lowest BCUT2D eigenvalue weighted by Gasteiger charge is -2.20. The largest absolute Gasteiger partial charge is 0.397 e. The first kappa shape index (κ1) is 15.6. The number of nitrogen functional groups attached to an aromatic ring is 1. The van der Waals surface area contributed by atoms with Gasteiger partial charge in [-0.3, -0.25) is 9.59 Å². The van der Waals surface area contributed by atoms with Crippen LogP contribution in [0, 0.1) is 11.3 Å². The van der Waals surface area contributed by atoms with Crippen molar-refractivity contribution in [3.8, 4) is 0 Å². The van der Waals surface area contributed by atoms with Crippen LogP contribution < -0.4 is 22.1 Å². The average Bonchev–Trinajstić information content (AvgIpc) is 3.15. The first-order valence-corrected chi connectivity index (χ1v) is 7.82. The van der Waals surface area contributed by atoms with Crippen LogP contribution in [0.3, 0.4) is 0 Å². The number of nitrogens with two attached hydrogens (primary N) is 2. The van der Waals surface area contributed by atoms with Crippen molar-refractivity contribution in [2.45, 2.75) is 26.7 Å². The summed E-state index contributed by atoms with van der Waals surface area (Å²) < 4.78 is 0. The fourth-order valence-corrected chi connectivity index (χ4v) is 3.44. The van der Waals surface area contributed by atoms with E-state index in [9.17, 15) is 9.59 Å². The van der Waals surface area contributed by atoms with E-state index in [1.54, 1.807) is 0 Å². The average molecular weight is 310 g/mol. The lowest BCUT2D eigenvalue weighted by atomic mass is 9.92. The molecule has 1 fully saturated rings. The first-order valence-electron chi connectivity index (χ1n) is 7.00. The number of hydrogen-bond acceptors (Lipinski definition) is 5. The minimum atomic E-state index is -0.610. The summed E-state index contributed by atoms with van der Waals surface area (Å²) in [6.07, 6.45) is 2.35. The molecule has 0 spiro atoms. The second-order valence-corrected chi connectivity index (χ2v) is 6.88. The van der Waals surface area contributed by atoms with Crippen LogP contribution in [0.4, 0.5) is 10.7 Å². The van der Waals surface area contributed by atoms with Gasteiger partial charge in [0.1, 0.15) is 9.88 Å². The summed E-state index contributed by atoms with van der Waals surface area (Å²) in [4.78, 5) is 23.6. The van der Waals surface area contributed by atoms with Crippen molar-refractivity contribution in [2.24, 2.45) is 17.1 Å². The number of carbonyl (C=O) groups excluding carboxylic acids is 2. The molecule has 0 radical (unpaired) electrons. The molecule has 0 atom stereocenters. The first-order chi connectivity index (χ1) is 9.82. The maximum atomic E-state index is 12.0. The molecule has 116 valence electrons. The van der Waals surface area contributed by atoms with Gasteiger partial charge in [0.25, 0.3) is 11.8 Å². The van der Waals surface area contributed by atoms with Gasteiger partial charge < -0.3 is 22.1 Å². The Morgan fingerprint density at radius 3 is 2.43 bits per heavy atom. The van der Waals surface area contributed by atoms with Crippen LogP contribution in [0.25, 0.3) is 0 Å². The van der Waals surface area contributed by atoms with Crippen molar-refractivity contribution < 1.29 is 9.59 Å². The summed E-state index contributed by atoms with van der Waals surface area (Å²) in [5.41, 5.74) is 12.0. The highest BCUT2D eigenvalue weighted by Gasteiger charge is 2.45. The number of primary amides is 1. The van der Waals surface area contributed by atoms with Crippen molar-refractivity contribution in [2.75, 3.05) is 24.6 Å². The highest BCUT2D eigenvalue weighted by atomic mass is 32.1. The molecule has 2 amide bonds. The second kappa shape index (κ2) is 5.55. The number of carbonyl (C=O) groups is 2. The van der Waals surface area contributed by atoms with Crippen molar-refractivity contribution in [1.29, 1.82) is 0 Å². The van der Waals surface area contributed by atoms with E-state index in [-0.39, 0.29) is 21.9 Å². The van der Waals surface area contributed by atoms with E-state index in [2.05, 4.69) is 24.5 Å². The summed E-state index contributed by atoms with van der Waals surface area (Å²) >= 11 is 1.15. The smallest absolute Gasteiger partial charge is 0.260 e. The third-order valence-electron chi connectivity index (χ3n) is 4.34. The molecule has 7 heteroatoms. The summed E-state index contributed by atoms with van der Waals surface area (Å²) in [5.74, 6) is -0.352. The third kappa shape index (κ3) is 2.83. The third-order valence-corrected chi connectivity index (χ3v) is 5.52. The molecule has 1 aliphatic carbocycles. The van der Waals surface area contributed by atoms with Crippen LogP contribution in [-0.4, -0.2) is 25.4 Å². The maximum Gasteiger partial charge on any atom is 0.260 e. The van der Waals surface area contributed by atoms with Gasteiger partial charge in [0.15, 0.2) is 0 Å². The van der Waals surface area contributed by atoms with Gasteiger partial charge in [-0.25, -0.2) is 0 Å². The molecule has 21 heavy (non-hydrogen) atoms. The van der Waals surface area contributed by atoms with Gasteiger partial charge in [-0.15, -0.1) is 11.3 Å². The topological polar surface area (TPSA) is 110 Å². The molecule has 0 aromatic carbocycles. The van der Waals surface area contributed by atoms with Crippen molar-refractivity contribution >= 4 is 33.8 Å². The molecule has 1 saturated carbocycles. The zero-order chi connectivity index (χ0) is 15.8. The van der Waals surface area contributed by atoms with Gasteiger partial charge >= 0.3 is 0 Å². The Morgan fingerprint density at radius 1 is 1.38 bits per heavy atom. The highest BCUT2D eigenvalue weighted by Crippen LogP contribution is 2.52. The van der Waals surface area contributed by atoms with E-state index in [1.807, 2.05) is 0 Å². The molecular formula is C14H22N4O2S. The van der Waals surface area contributed by atoms with Crippen LogP contribution in [0.2, 0.25) is 0 Å². The maximum absolute atomic E-state index is 12.0. The van der Waals surface area contributed by atoms with Crippen LogP contribution in [0.5, 0.6) is 0 Å². The monoisotopic (exact) mass is 310 g/mol. The number of nitrogens with one attached hydrogen (secondary N) is 2.